The quantitative estimate of drug-likeness (QED) is 0.854. The summed E-state index contributed by atoms with van der Waals surface area (Å²) in [7, 11) is 1.89. The standard InChI is InChI=1S/C17H24N4O2/c1-12(5-6-14-4-3-9-23-14)19-15-7-8-16(22)20-17(15)13-10-18-21(2)11-13/h3-4,9-12,15,17,19H,5-8H2,1-2H3,(H,20,22)/t12-,15+,17-/m0/s1. The van der Waals surface area contributed by atoms with Crippen LogP contribution in [0, 0.1) is 0 Å². The fourth-order valence-corrected chi connectivity index (χ4v) is 3.16. The molecule has 0 unspecified atom stereocenters. The van der Waals surface area contributed by atoms with Gasteiger partial charge in [0.05, 0.1) is 18.5 Å². The first-order valence-corrected chi connectivity index (χ1v) is 8.18. The molecule has 6 nitrogen and oxygen atoms in total. The fraction of sp³-hybridized carbons (Fsp3) is 0.529. The zero-order chi connectivity index (χ0) is 16.2. The molecule has 2 aromatic rings. The molecule has 0 aliphatic carbocycles. The number of piperidine rings is 1. The number of amides is 1. The maximum absolute atomic E-state index is 11.8. The van der Waals surface area contributed by atoms with Crippen molar-refractivity contribution in [1.82, 2.24) is 20.4 Å². The van der Waals surface area contributed by atoms with Crippen molar-refractivity contribution >= 4 is 5.91 Å². The summed E-state index contributed by atoms with van der Waals surface area (Å²) in [5.74, 6) is 1.12. The number of hydrogen-bond acceptors (Lipinski definition) is 4. The van der Waals surface area contributed by atoms with E-state index in [2.05, 4.69) is 22.7 Å². The van der Waals surface area contributed by atoms with E-state index in [9.17, 15) is 4.79 Å². The number of hydrogen-bond donors (Lipinski definition) is 2. The Kier molecular flexibility index (Phi) is 4.81. The van der Waals surface area contributed by atoms with Crippen LogP contribution in [0.25, 0.3) is 0 Å². The normalized spacial score (nSPS) is 22.8. The van der Waals surface area contributed by atoms with E-state index in [1.807, 2.05) is 31.6 Å². The van der Waals surface area contributed by atoms with Crippen molar-refractivity contribution in [3.05, 3.63) is 42.1 Å². The van der Waals surface area contributed by atoms with Gasteiger partial charge >= 0.3 is 0 Å². The van der Waals surface area contributed by atoms with Crippen molar-refractivity contribution in [3.63, 3.8) is 0 Å². The average molecular weight is 316 g/mol. The average Bonchev–Trinajstić information content (AvgIpc) is 3.18. The molecule has 124 valence electrons. The molecule has 1 saturated heterocycles. The maximum atomic E-state index is 11.8. The summed E-state index contributed by atoms with van der Waals surface area (Å²) in [6.45, 7) is 2.18. The van der Waals surface area contributed by atoms with E-state index in [1.54, 1.807) is 10.9 Å². The monoisotopic (exact) mass is 316 g/mol. The van der Waals surface area contributed by atoms with E-state index < -0.39 is 0 Å². The van der Waals surface area contributed by atoms with Gasteiger partial charge in [-0.1, -0.05) is 0 Å². The Morgan fingerprint density at radius 3 is 3.13 bits per heavy atom. The van der Waals surface area contributed by atoms with Gasteiger partial charge < -0.3 is 15.1 Å². The number of aromatic nitrogens is 2. The number of nitrogens with zero attached hydrogens (tertiary/aromatic N) is 2. The van der Waals surface area contributed by atoms with Gasteiger partial charge in [0.15, 0.2) is 0 Å². The minimum atomic E-state index is -0.0176. The van der Waals surface area contributed by atoms with E-state index in [0.29, 0.717) is 12.5 Å². The summed E-state index contributed by atoms with van der Waals surface area (Å²) in [5.41, 5.74) is 1.05. The van der Waals surface area contributed by atoms with E-state index in [1.165, 1.54) is 0 Å². The highest BCUT2D eigenvalue weighted by Gasteiger charge is 2.31. The molecule has 0 saturated carbocycles. The van der Waals surface area contributed by atoms with Crippen LogP contribution in [0.1, 0.15) is 43.6 Å². The summed E-state index contributed by atoms with van der Waals surface area (Å²) < 4.78 is 7.16. The number of rotatable bonds is 6. The topological polar surface area (TPSA) is 72.1 Å². The zero-order valence-electron chi connectivity index (χ0n) is 13.7. The van der Waals surface area contributed by atoms with Gasteiger partial charge in [0, 0.05) is 43.7 Å². The van der Waals surface area contributed by atoms with Crippen molar-refractivity contribution < 1.29 is 9.21 Å². The van der Waals surface area contributed by atoms with Gasteiger partial charge in [-0.2, -0.15) is 5.10 Å². The molecule has 0 aromatic carbocycles. The maximum Gasteiger partial charge on any atom is 0.220 e. The molecule has 1 fully saturated rings. The van der Waals surface area contributed by atoms with Crippen LogP contribution in [0.5, 0.6) is 0 Å². The number of carbonyl (C=O) groups excluding carboxylic acids is 1. The van der Waals surface area contributed by atoms with Crippen LogP contribution in [-0.2, 0) is 18.3 Å². The molecule has 0 radical (unpaired) electrons. The number of furan rings is 1. The van der Waals surface area contributed by atoms with Gasteiger partial charge in [0.1, 0.15) is 5.76 Å². The Morgan fingerprint density at radius 1 is 1.57 bits per heavy atom. The smallest absolute Gasteiger partial charge is 0.220 e. The summed E-state index contributed by atoms with van der Waals surface area (Å²) in [6, 6.07) is 4.48. The second-order valence-electron chi connectivity index (χ2n) is 6.32. The number of nitrogens with one attached hydrogen (secondary N) is 2. The molecule has 23 heavy (non-hydrogen) atoms. The Labute approximate surface area is 136 Å². The van der Waals surface area contributed by atoms with Crippen LogP contribution >= 0.6 is 0 Å². The molecular formula is C17H24N4O2. The molecule has 3 rings (SSSR count). The second-order valence-corrected chi connectivity index (χ2v) is 6.32. The van der Waals surface area contributed by atoms with Crippen LogP contribution in [0.15, 0.2) is 35.2 Å². The van der Waals surface area contributed by atoms with Crippen LogP contribution in [0.3, 0.4) is 0 Å². The first-order valence-electron chi connectivity index (χ1n) is 8.18. The highest BCUT2D eigenvalue weighted by atomic mass is 16.3. The first kappa shape index (κ1) is 15.8. The van der Waals surface area contributed by atoms with Crippen molar-refractivity contribution in [1.29, 1.82) is 0 Å². The highest BCUT2D eigenvalue weighted by Crippen LogP contribution is 2.24. The Bertz CT molecular complexity index is 635. The van der Waals surface area contributed by atoms with Crippen LogP contribution in [0.2, 0.25) is 0 Å². The molecule has 1 amide bonds. The van der Waals surface area contributed by atoms with Crippen molar-refractivity contribution in [2.75, 3.05) is 0 Å². The lowest BCUT2D eigenvalue weighted by molar-refractivity contribution is -0.124. The minimum Gasteiger partial charge on any atom is -0.469 e. The second kappa shape index (κ2) is 7.00. The Balaban J connectivity index is 1.60. The SMILES string of the molecule is C[C@@H](CCc1ccco1)N[C@@H]1CCC(=O)N[C@H]1c1cnn(C)c1. The third-order valence-corrected chi connectivity index (χ3v) is 4.39. The van der Waals surface area contributed by atoms with Crippen LogP contribution < -0.4 is 10.6 Å². The third-order valence-electron chi connectivity index (χ3n) is 4.39. The molecule has 0 spiro atoms. The summed E-state index contributed by atoms with van der Waals surface area (Å²) in [5, 5.41) is 11.0. The van der Waals surface area contributed by atoms with Gasteiger partial charge in [0.25, 0.3) is 0 Å². The molecule has 1 aliphatic rings. The molecule has 2 aromatic heterocycles. The molecule has 1 aliphatic heterocycles. The van der Waals surface area contributed by atoms with E-state index >= 15 is 0 Å². The number of carbonyl (C=O) groups is 1. The number of aryl methyl sites for hydroxylation is 2. The lowest BCUT2D eigenvalue weighted by atomic mass is 9.92. The van der Waals surface area contributed by atoms with Gasteiger partial charge in [-0.05, 0) is 31.9 Å². The van der Waals surface area contributed by atoms with E-state index in [0.717, 1.165) is 30.6 Å². The van der Waals surface area contributed by atoms with Gasteiger partial charge in [-0.15, -0.1) is 0 Å². The Hall–Kier alpha value is -2.08. The predicted octanol–water partition coefficient (Wildman–Crippen LogP) is 1.94. The van der Waals surface area contributed by atoms with Crippen LogP contribution in [0.4, 0.5) is 0 Å². The Morgan fingerprint density at radius 2 is 2.43 bits per heavy atom. The van der Waals surface area contributed by atoms with E-state index in [-0.39, 0.29) is 18.0 Å². The predicted molar refractivity (Wildman–Crippen MR) is 86.7 cm³/mol. The molecule has 3 heterocycles. The minimum absolute atomic E-state index is 0.0176. The van der Waals surface area contributed by atoms with Crippen molar-refractivity contribution in [2.45, 2.75) is 50.7 Å². The van der Waals surface area contributed by atoms with Gasteiger partial charge in [0.2, 0.25) is 5.91 Å². The molecule has 6 heteroatoms. The molecule has 2 N–H and O–H groups in total. The first-order chi connectivity index (χ1) is 11.1. The lowest BCUT2D eigenvalue weighted by Crippen LogP contribution is -2.50. The molecule has 3 atom stereocenters. The molecule has 0 bridgehead atoms. The van der Waals surface area contributed by atoms with Crippen molar-refractivity contribution in [2.24, 2.45) is 7.05 Å². The summed E-state index contributed by atoms with van der Waals surface area (Å²) >= 11 is 0. The zero-order valence-corrected chi connectivity index (χ0v) is 13.7. The largest absolute Gasteiger partial charge is 0.469 e. The fourth-order valence-electron chi connectivity index (χ4n) is 3.16. The third kappa shape index (κ3) is 4.01. The van der Waals surface area contributed by atoms with Gasteiger partial charge in [-0.3, -0.25) is 9.48 Å². The van der Waals surface area contributed by atoms with E-state index in [4.69, 9.17) is 4.42 Å². The summed E-state index contributed by atoms with van der Waals surface area (Å²) in [6.07, 6.45) is 8.84. The highest BCUT2D eigenvalue weighted by molar-refractivity contribution is 5.77. The lowest BCUT2D eigenvalue weighted by Gasteiger charge is -2.34. The van der Waals surface area contributed by atoms with Crippen molar-refractivity contribution in [3.8, 4) is 0 Å². The molecular weight excluding hydrogens is 292 g/mol. The van der Waals surface area contributed by atoms with Crippen LogP contribution in [-0.4, -0.2) is 27.8 Å². The summed E-state index contributed by atoms with van der Waals surface area (Å²) in [4.78, 5) is 11.8. The van der Waals surface area contributed by atoms with Gasteiger partial charge in [-0.25, -0.2) is 0 Å².